The van der Waals surface area contributed by atoms with Crippen LogP contribution in [0, 0.1) is 13.8 Å². The Morgan fingerprint density at radius 3 is 2.55 bits per heavy atom. The number of rotatable bonds is 6. The van der Waals surface area contributed by atoms with Crippen LogP contribution >= 0.6 is 11.6 Å². The molecule has 33 heavy (non-hydrogen) atoms. The number of hydrogen-bond acceptors (Lipinski definition) is 4. The summed E-state index contributed by atoms with van der Waals surface area (Å²) in [5.41, 5.74) is 2.62. The van der Waals surface area contributed by atoms with Crippen molar-refractivity contribution < 1.29 is 19.1 Å². The van der Waals surface area contributed by atoms with Gasteiger partial charge in [0.1, 0.15) is 17.9 Å². The number of anilines is 1. The Bertz CT molecular complexity index is 1280. The van der Waals surface area contributed by atoms with E-state index in [4.69, 9.17) is 16.3 Å². The Labute approximate surface area is 196 Å². The highest BCUT2D eigenvalue weighted by molar-refractivity contribution is 6.39. The van der Waals surface area contributed by atoms with E-state index in [1.807, 2.05) is 54.9 Å². The van der Waals surface area contributed by atoms with Crippen LogP contribution < -0.4 is 15.0 Å². The van der Waals surface area contributed by atoms with Gasteiger partial charge in [0.15, 0.2) is 0 Å². The Balaban J connectivity index is 1.55. The molecule has 1 fully saturated rings. The minimum atomic E-state index is -0.816. The van der Waals surface area contributed by atoms with Crippen LogP contribution in [0.15, 0.2) is 66.4 Å². The lowest BCUT2D eigenvalue weighted by Crippen LogP contribution is -2.54. The maximum atomic E-state index is 13.1. The Kier molecular flexibility index (Phi) is 6.33. The van der Waals surface area contributed by atoms with Crippen LogP contribution in [0.3, 0.4) is 0 Å². The number of benzene rings is 2. The SMILES string of the molecule is Cc1ccc(N2C(=O)NC(=O)/C(=C/c3cccn3CCOc3ccccc3C)C2=O)cc1Cl. The van der Waals surface area contributed by atoms with Crippen LogP contribution in [0.1, 0.15) is 16.8 Å². The van der Waals surface area contributed by atoms with Gasteiger partial charge in [-0.05, 0) is 61.4 Å². The van der Waals surface area contributed by atoms with Gasteiger partial charge < -0.3 is 9.30 Å². The fraction of sp³-hybridized carbons (Fsp3) is 0.160. The summed E-state index contributed by atoms with van der Waals surface area (Å²) in [6.07, 6.45) is 3.31. The van der Waals surface area contributed by atoms with E-state index in [1.54, 1.807) is 18.2 Å². The lowest BCUT2D eigenvalue weighted by atomic mass is 10.1. The molecule has 3 aromatic rings. The van der Waals surface area contributed by atoms with Gasteiger partial charge in [-0.3, -0.25) is 14.9 Å². The number of hydrogen-bond donors (Lipinski definition) is 1. The molecule has 168 valence electrons. The molecule has 2 heterocycles. The Morgan fingerprint density at radius 2 is 1.79 bits per heavy atom. The number of carbonyl (C=O) groups is 3. The van der Waals surface area contributed by atoms with Crippen molar-refractivity contribution in [1.29, 1.82) is 0 Å². The highest BCUT2D eigenvalue weighted by Crippen LogP contribution is 2.27. The largest absolute Gasteiger partial charge is 0.491 e. The normalized spacial score (nSPS) is 15.2. The summed E-state index contributed by atoms with van der Waals surface area (Å²) in [5, 5.41) is 2.64. The van der Waals surface area contributed by atoms with Gasteiger partial charge in [-0.1, -0.05) is 35.9 Å². The molecule has 4 amide bonds. The van der Waals surface area contributed by atoms with E-state index in [2.05, 4.69) is 5.32 Å². The van der Waals surface area contributed by atoms with Crippen LogP contribution in [-0.4, -0.2) is 29.0 Å². The van der Waals surface area contributed by atoms with Gasteiger partial charge in [0.2, 0.25) is 0 Å². The standard InChI is InChI=1S/C25H22ClN3O4/c1-16-9-10-19(15-21(16)26)29-24(31)20(23(30)27-25(29)32)14-18-7-5-11-28(18)12-13-33-22-8-4-3-6-17(22)2/h3-11,14-15H,12-13H2,1-2H3,(H,27,30,32)/b20-14-. The Hall–Kier alpha value is -3.84. The van der Waals surface area contributed by atoms with Crippen molar-refractivity contribution in [3.8, 4) is 5.75 Å². The van der Waals surface area contributed by atoms with Gasteiger partial charge in [-0.25, -0.2) is 9.69 Å². The van der Waals surface area contributed by atoms with Crippen LogP contribution in [0.5, 0.6) is 5.75 Å². The third kappa shape index (κ3) is 4.68. The fourth-order valence-corrected chi connectivity index (χ4v) is 3.67. The van der Waals surface area contributed by atoms with Crippen molar-refractivity contribution in [1.82, 2.24) is 9.88 Å². The highest BCUT2D eigenvalue weighted by Gasteiger charge is 2.37. The van der Waals surface area contributed by atoms with E-state index in [0.29, 0.717) is 23.9 Å². The highest BCUT2D eigenvalue weighted by atomic mass is 35.5. The number of halogens is 1. The maximum Gasteiger partial charge on any atom is 0.335 e. The van der Waals surface area contributed by atoms with Crippen LogP contribution in [0.2, 0.25) is 5.02 Å². The van der Waals surface area contributed by atoms with E-state index in [1.165, 1.54) is 12.1 Å². The number of nitrogens with zero attached hydrogens (tertiary/aromatic N) is 2. The predicted molar refractivity (Wildman–Crippen MR) is 126 cm³/mol. The quantitative estimate of drug-likeness (QED) is 0.431. The van der Waals surface area contributed by atoms with Crippen molar-refractivity contribution in [3.63, 3.8) is 0 Å². The molecule has 0 atom stereocenters. The molecule has 0 saturated carbocycles. The number of ether oxygens (including phenoxy) is 1. The maximum absolute atomic E-state index is 13.1. The zero-order valence-electron chi connectivity index (χ0n) is 18.2. The third-order valence-corrected chi connectivity index (χ3v) is 5.76. The number of carbonyl (C=O) groups excluding carboxylic acids is 3. The van der Waals surface area contributed by atoms with E-state index < -0.39 is 17.8 Å². The number of para-hydroxylation sites is 1. The smallest absolute Gasteiger partial charge is 0.335 e. The first kappa shape index (κ1) is 22.4. The van der Waals surface area contributed by atoms with Crippen molar-refractivity contribution >= 4 is 41.2 Å². The molecule has 1 N–H and O–H groups in total. The summed E-state index contributed by atoms with van der Waals surface area (Å²) in [5.74, 6) is -0.659. The second-order valence-electron chi connectivity index (χ2n) is 7.63. The first-order chi connectivity index (χ1) is 15.8. The molecular formula is C25H22ClN3O4. The molecule has 8 heteroatoms. The summed E-state index contributed by atoms with van der Waals surface area (Å²) < 4.78 is 7.72. The van der Waals surface area contributed by atoms with Crippen molar-refractivity contribution in [2.45, 2.75) is 20.4 Å². The number of imide groups is 2. The molecular weight excluding hydrogens is 442 g/mol. The molecule has 4 rings (SSSR count). The van der Waals surface area contributed by atoms with Gasteiger partial charge in [0.25, 0.3) is 11.8 Å². The second-order valence-corrected chi connectivity index (χ2v) is 8.04. The molecule has 1 aliphatic heterocycles. The number of barbiturate groups is 1. The second kappa shape index (κ2) is 9.34. The van der Waals surface area contributed by atoms with Crippen molar-refractivity contribution in [3.05, 3.63) is 88.2 Å². The van der Waals surface area contributed by atoms with E-state index in [-0.39, 0.29) is 11.3 Å². The minimum Gasteiger partial charge on any atom is -0.491 e. The van der Waals surface area contributed by atoms with Gasteiger partial charge in [-0.15, -0.1) is 0 Å². The molecule has 1 saturated heterocycles. The van der Waals surface area contributed by atoms with E-state index in [0.717, 1.165) is 21.8 Å². The Morgan fingerprint density at radius 1 is 1.00 bits per heavy atom. The monoisotopic (exact) mass is 463 g/mol. The fourth-order valence-electron chi connectivity index (χ4n) is 3.49. The molecule has 7 nitrogen and oxygen atoms in total. The van der Waals surface area contributed by atoms with Gasteiger partial charge >= 0.3 is 6.03 Å². The number of aryl methyl sites for hydroxylation is 2. The molecule has 0 unspecified atom stereocenters. The average Bonchev–Trinajstić information content (AvgIpc) is 3.22. The molecule has 0 spiro atoms. The van der Waals surface area contributed by atoms with Gasteiger partial charge in [0.05, 0.1) is 12.2 Å². The number of amides is 4. The van der Waals surface area contributed by atoms with E-state index >= 15 is 0 Å². The van der Waals surface area contributed by atoms with Gasteiger partial charge in [0, 0.05) is 16.9 Å². The van der Waals surface area contributed by atoms with Crippen molar-refractivity contribution in [2.75, 3.05) is 11.5 Å². The first-order valence-corrected chi connectivity index (χ1v) is 10.7. The zero-order valence-corrected chi connectivity index (χ0v) is 18.9. The predicted octanol–water partition coefficient (Wildman–Crippen LogP) is 4.50. The molecule has 0 radical (unpaired) electrons. The van der Waals surface area contributed by atoms with Crippen LogP contribution in [0.25, 0.3) is 6.08 Å². The van der Waals surface area contributed by atoms with Gasteiger partial charge in [-0.2, -0.15) is 0 Å². The molecule has 2 aromatic carbocycles. The lowest BCUT2D eigenvalue weighted by Gasteiger charge is -2.26. The zero-order chi connectivity index (χ0) is 23.5. The first-order valence-electron chi connectivity index (χ1n) is 10.4. The molecule has 0 aliphatic carbocycles. The summed E-state index contributed by atoms with van der Waals surface area (Å²) >= 11 is 6.17. The summed E-state index contributed by atoms with van der Waals surface area (Å²) in [7, 11) is 0. The number of aromatic nitrogens is 1. The molecule has 1 aliphatic rings. The van der Waals surface area contributed by atoms with Crippen molar-refractivity contribution in [2.24, 2.45) is 0 Å². The summed E-state index contributed by atoms with van der Waals surface area (Å²) in [6.45, 7) is 4.70. The van der Waals surface area contributed by atoms with E-state index in [9.17, 15) is 14.4 Å². The summed E-state index contributed by atoms with van der Waals surface area (Å²) in [4.78, 5) is 38.9. The number of nitrogens with one attached hydrogen (secondary N) is 1. The number of urea groups is 1. The lowest BCUT2D eigenvalue weighted by molar-refractivity contribution is -0.122. The van der Waals surface area contributed by atoms with Crippen LogP contribution in [-0.2, 0) is 16.1 Å². The topological polar surface area (TPSA) is 80.6 Å². The summed E-state index contributed by atoms with van der Waals surface area (Å²) in [6, 6.07) is 15.4. The molecule has 0 bridgehead atoms. The minimum absolute atomic E-state index is 0.147. The van der Waals surface area contributed by atoms with Crippen LogP contribution in [0.4, 0.5) is 10.5 Å². The third-order valence-electron chi connectivity index (χ3n) is 5.36. The molecule has 1 aromatic heterocycles. The average molecular weight is 464 g/mol.